The quantitative estimate of drug-likeness (QED) is 0.277. The summed E-state index contributed by atoms with van der Waals surface area (Å²) in [6, 6.07) is 13.5. The molecule has 2 aliphatic rings. The number of methoxy groups -OCH3 is 1. The molecule has 0 bridgehead atoms. The summed E-state index contributed by atoms with van der Waals surface area (Å²) in [6.07, 6.45) is 0.848. The highest BCUT2D eigenvalue weighted by Gasteiger charge is 2.32. The van der Waals surface area contributed by atoms with E-state index in [0.29, 0.717) is 29.8 Å². The van der Waals surface area contributed by atoms with Gasteiger partial charge in [0.2, 0.25) is 11.8 Å². The fourth-order valence-corrected chi connectivity index (χ4v) is 5.94. The number of carbonyl (C=O) groups is 3. The number of imide groups is 1. The van der Waals surface area contributed by atoms with Crippen LogP contribution in [0, 0.1) is 0 Å². The molecule has 0 aliphatic carbocycles. The van der Waals surface area contributed by atoms with Gasteiger partial charge in [0.1, 0.15) is 11.4 Å². The van der Waals surface area contributed by atoms with E-state index in [4.69, 9.17) is 9.84 Å². The molecule has 234 valence electrons. The number of nitrogens with zero attached hydrogens (tertiary/aromatic N) is 4. The van der Waals surface area contributed by atoms with Crippen LogP contribution in [0.4, 0.5) is 18.9 Å². The summed E-state index contributed by atoms with van der Waals surface area (Å²) in [5.74, 6) is -1.01. The SMILES string of the molecule is COc1cc2nn(C3CCN(Cc4cccc(C5CCC(=O)NC5=O)c4)CC3)cc2cc1NC(=O)c1ccc(C(F)(F)F)nc1. The number of anilines is 1. The number of alkyl halides is 3. The first-order valence-corrected chi connectivity index (χ1v) is 14.6. The summed E-state index contributed by atoms with van der Waals surface area (Å²) in [5, 5.41) is 10.7. The molecular weight excluding hydrogens is 589 g/mol. The van der Waals surface area contributed by atoms with Gasteiger partial charge in [-0.25, -0.2) is 0 Å². The number of benzene rings is 2. The molecule has 4 aromatic rings. The van der Waals surface area contributed by atoms with E-state index in [2.05, 4.69) is 32.7 Å². The Morgan fingerprint density at radius 1 is 1.09 bits per heavy atom. The van der Waals surface area contributed by atoms with Gasteiger partial charge in [-0.3, -0.25) is 34.3 Å². The van der Waals surface area contributed by atoms with Gasteiger partial charge in [-0.2, -0.15) is 18.3 Å². The highest BCUT2D eigenvalue weighted by atomic mass is 19.4. The minimum absolute atomic E-state index is 0.0182. The number of piperidine rings is 2. The molecule has 0 spiro atoms. The monoisotopic (exact) mass is 620 g/mol. The van der Waals surface area contributed by atoms with Crippen LogP contribution in [0.15, 0.2) is 60.9 Å². The van der Waals surface area contributed by atoms with Crippen molar-refractivity contribution in [2.45, 2.75) is 50.4 Å². The molecular formula is C32H31F3N6O4. The Kier molecular flexibility index (Phi) is 8.28. The minimum Gasteiger partial charge on any atom is -0.494 e. The molecule has 0 saturated carbocycles. The Morgan fingerprint density at radius 3 is 2.58 bits per heavy atom. The average Bonchev–Trinajstić information content (AvgIpc) is 3.43. The van der Waals surface area contributed by atoms with Gasteiger partial charge in [-0.15, -0.1) is 0 Å². The molecule has 2 fully saturated rings. The number of hydrogen-bond acceptors (Lipinski definition) is 7. The zero-order chi connectivity index (χ0) is 31.7. The third-order valence-corrected chi connectivity index (χ3v) is 8.34. The van der Waals surface area contributed by atoms with Crippen LogP contribution in [0.1, 0.15) is 64.8 Å². The summed E-state index contributed by atoms with van der Waals surface area (Å²) in [6.45, 7) is 2.47. The number of rotatable bonds is 7. The molecule has 2 saturated heterocycles. The number of likely N-dealkylation sites (tertiary alicyclic amines) is 1. The summed E-state index contributed by atoms with van der Waals surface area (Å²) in [7, 11) is 1.46. The number of aromatic nitrogens is 3. The van der Waals surface area contributed by atoms with Gasteiger partial charge >= 0.3 is 6.18 Å². The van der Waals surface area contributed by atoms with Crippen molar-refractivity contribution < 1.29 is 32.3 Å². The van der Waals surface area contributed by atoms with Crippen molar-refractivity contribution >= 4 is 34.3 Å². The van der Waals surface area contributed by atoms with E-state index >= 15 is 0 Å². The predicted molar refractivity (Wildman–Crippen MR) is 159 cm³/mol. The smallest absolute Gasteiger partial charge is 0.433 e. The first kappa shape index (κ1) is 30.3. The van der Waals surface area contributed by atoms with E-state index in [1.807, 2.05) is 23.0 Å². The normalized spacial score (nSPS) is 18.2. The van der Waals surface area contributed by atoms with Crippen molar-refractivity contribution in [2.24, 2.45) is 0 Å². The van der Waals surface area contributed by atoms with Crippen LogP contribution in [-0.2, 0) is 22.3 Å². The van der Waals surface area contributed by atoms with Crippen LogP contribution in [0.25, 0.3) is 10.9 Å². The maximum Gasteiger partial charge on any atom is 0.433 e. The molecule has 0 radical (unpaired) electrons. The molecule has 13 heteroatoms. The Labute approximate surface area is 256 Å². The number of fused-ring (bicyclic) bond motifs is 1. The van der Waals surface area contributed by atoms with E-state index in [9.17, 15) is 27.6 Å². The van der Waals surface area contributed by atoms with Crippen molar-refractivity contribution in [1.82, 2.24) is 25.0 Å². The Balaban J connectivity index is 1.09. The molecule has 2 aromatic heterocycles. The minimum atomic E-state index is -4.59. The molecule has 1 atom stereocenters. The van der Waals surface area contributed by atoms with E-state index in [1.54, 1.807) is 12.1 Å². The second-order valence-corrected chi connectivity index (χ2v) is 11.4. The number of halogens is 3. The molecule has 4 heterocycles. The molecule has 1 unspecified atom stereocenters. The van der Waals surface area contributed by atoms with Crippen molar-refractivity contribution in [3.8, 4) is 5.75 Å². The molecule has 2 N–H and O–H groups in total. The van der Waals surface area contributed by atoms with Crippen LogP contribution in [0.3, 0.4) is 0 Å². The Hall–Kier alpha value is -4.78. The third-order valence-electron chi connectivity index (χ3n) is 8.34. The summed E-state index contributed by atoms with van der Waals surface area (Å²) in [5.41, 5.74) is 2.01. The maximum absolute atomic E-state index is 12.8. The molecule has 3 amide bonds. The number of nitrogens with one attached hydrogen (secondary N) is 2. The maximum atomic E-state index is 12.8. The summed E-state index contributed by atoms with van der Waals surface area (Å²) < 4.78 is 45.9. The fraction of sp³-hybridized carbons (Fsp3) is 0.344. The molecule has 10 nitrogen and oxygen atoms in total. The van der Waals surface area contributed by atoms with Crippen molar-refractivity contribution in [2.75, 3.05) is 25.5 Å². The second-order valence-electron chi connectivity index (χ2n) is 11.4. The van der Waals surface area contributed by atoms with E-state index in [-0.39, 0.29) is 29.3 Å². The highest BCUT2D eigenvalue weighted by molar-refractivity contribution is 6.06. The third kappa shape index (κ3) is 6.68. The Bertz CT molecular complexity index is 1750. The standard InChI is InChI=1S/C32H31F3N6O4/c1-45-27-15-25-22(14-26(27)37-30(43)21-5-7-28(36-16-21)32(33,34)35)18-41(39-25)23-9-11-40(12-10-23)17-19-3-2-4-20(13-19)24-6-8-29(42)38-31(24)44/h2-5,7,13-16,18,23-24H,6,8-12,17H2,1H3,(H,37,43)(H,38,42,44). The van der Waals surface area contributed by atoms with Crippen LogP contribution >= 0.6 is 0 Å². The van der Waals surface area contributed by atoms with Gasteiger partial charge in [0.25, 0.3) is 5.91 Å². The summed E-state index contributed by atoms with van der Waals surface area (Å²) >= 11 is 0. The second kappa shape index (κ2) is 12.3. The van der Waals surface area contributed by atoms with Gasteiger partial charge in [0, 0.05) is 49.9 Å². The molecule has 2 aromatic carbocycles. The van der Waals surface area contributed by atoms with Crippen molar-refractivity contribution in [3.05, 3.63) is 83.3 Å². The number of pyridine rings is 1. The zero-order valence-electron chi connectivity index (χ0n) is 24.4. The number of ether oxygens (including phenoxy) is 1. The van der Waals surface area contributed by atoms with Gasteiger partial charge in [-0.1, -0.05) is 24.3 Å². The average molecular weight is 621 g/mol. The lowest BCUT2D eigenvalue weighted by molar-refractivity contribution is -0.141. The van der Waals surface area contributed by atoms with Crippen LogP contribution < -0.4 is 15.4 Å². The highest BCUT2D eigenvalue weighted by Crippen LogP contribution is 2.33. The number of carbonyl (C=O) groups excluding carboxylic acids is 3. The van der Waals surface area contributed by atoms with Gasteiger partial charge in [0.05, 0.1) is 35.8 Å². The molecule has 2 aliphatic heterocycles. The lowest BCUT2D eigenvalue weighted by Crippen LogP contribution is -2.39. The van der Waals surface area contributed by atoms with Crippen LogP contribution in [0.2, 0.25) is 0 Å². The zero-order valence-corrected chi connectivity index (χ0v) is 24.4. The van der Waals surface area contributed by atoms with Gasteiger partial charge in [-0.05, 0) is 48.6 Å². The number of hydrogen-bond donors (Lipinski definition) is 2. The number of amides is 3. The first-order chi connectivity index (χ1) is 21.6. The van der Waals surface area contributed by atoms with Crippen molar-refractivity contribution in [3.63, 3.8) is 0 Å². The van der Waals surface area contributed by atoms with Crippen LogP contribution in [-0.4, -0.2) is 57.6 Å². The molecule has 6 rings (SSSR count). The van der Waals surface area contributed by atoms with E-state index in [0.717, 1.165) is 67.3 Å². The van der Waals surface area contributed by atoms with Gasteiger partial charge < -0.3 is 10.1 Å². The lowest BCUT2D eigenvalue weighted by Gasteiger charge is -2.32. The van der Waals surface area contributed by atoms with Crippen molar-refractivity contribution in [1.29, 1.82) is 0 Å². The molecule has 45 heavy (non-hydrogen) atoms. The Morgan fingerprint density at radius 2 is 1.89 bits per heavy atom. The van der Waals surface area contributed by atoms with E-state index < -0.39 is 17.8 Å². The van der Waals surface area contributed by atoms with Gasteiger partial charge in [0.15, 0.2) is 0 Å². The first-order valence-electron chi connectivity index (χ1n) is 14.6. The van der Waals surface area contributed by atoms with Crippen LogP contribution in [0.5, 0.6) is 5.75 Å². The summed E-state index contributed by atoms with van der Waals surface area (Å²) in [4.78, 5) is 42.4. The topological polar surface area (TPSA) is 118 Å². The fourth-order valence-electron chi connectivity index (χ4n) is 5.94. The van der Waals surface area contributed by atoms with E-state index in [1.165, 1.54) is 7.11 Å². The predicted octanol–water partition coefficient (Wildman–Crippen LogP) is 5.07. The largest absolute Gasteiger partial charge is 0.494 e. The lowest BCUT2D eigenvalue weighted by atomic mass is 9.89.